The highest BCUT2D eigenvalue weighted by Gasteiger charge is 2.32. The van der Waals surface area contributed by atoms with Crippen molar-refractivity contribution >= 4 is 37.5 Å². The minimum Gasteiger partial charge on any atom is -0.494 e. The van der Waals surface area contributed by atoms with Crippen LogP contribution < -0.4 is 9.64 Å². The Morgan fingerprint density at radius 2 is 1.85 bits per heavy atom. The highest BCUT2D eigenvalue weighted by molar-refractivity contribution is 9.10. The zero-order valence-electron chi connectivity index (χ0n) is 19.2. The van der Waals surface area contributed by atoms with Gasteiger partial charge < -0.3 is 9.64 Å². The number of fused-ring (bicyclic) bond motifs is 1. The molecule has 0 bridgehead atoms. The summed E-state index contributed by atoms with van der Waals surface area (Å²) in [4.78, 5) is 15.2. The molecule has 0 unspecified atom stereocenters. The summed E-state index contributed by atoms with van der Waals surface area (Å²) in [6, 6.07) is 19.9. The lowest BCUT2D eigenvalue weighted by molar-refractivity contribution is -0.118. The zero-order chi connectivity index (χ0) is 24.3. The van der Waals surface area contributed by atoms with Crippen molar-refractivity contribution in [1.82, 2.24) is 4.31 Å². The van der Waals surface area contributed by atoms with Gasteiger partial charge in [-0.3, -0.25) is 4.79 Å². The van der Waals surface area contributed by atoms with Gasteiger partial charge in [0.1, 0.15) is 5.75 Å². The lowest BCUT2D eigenvalue weighted by Crippen LogP contribution is -2.42. The summed E-state index contributed by atoms with van der Waals surface area (Å²) in [6.45, 7) is 4.57. The van der Waals surface area contributed by atoms with Gasteiger partial charge in [-0.05, 0) is 73.4 Å². The molecule has 0 aliphatic carbocycles. The van der Waals surface area contributed by atoms with E-state index in [-0.39, 0.29) is 23.9 Å². The fourth-order valence-electron chi connectivity index (χ4n) is 4.13. The molecule has 1 aliphatic rings. The number of nitrogens with zero attached hydrogens (tertiary/aromatic N) is 2. The van der Waals surface area contributed by atoms with Crippen molar-refractivity contribution in [3.63, 3.8) is 0 Å². The summed E-state index contributed by atoms with van der Waals surface area (Å²) in [7, 11) is -3.94. The number of aryl methyl sites for hydroxylation is 1. The van der Waals surface area contributed by atoms with E-state index >= 15 is 0 Å². The van der Waals surface area contributed by atoms with E-state index in [0.29, 0.717) is 18.9 Å². The smallest absolute Gasteiger partial charge is 0.243 e. The molecule has 6 nitrogen and oxygen atoms in total. The summed E-state index contributed by atoms with van der Waals surface area (Å²) >= 11 is 3.47. The molecule has 8 heteroatoms. The van der Waals surface area contributed by atoms with Crippen LogP contribution in [0.25, 0.3) is 0 Å². The van der Waals surface area contributed by atoms with E-state index in [9.17, 15) is 13.2 Å². The SMILES string of the molecule is CCOc1ccc(S(=O)(=O)N(CC(=O)N2CCc3cc(Br)ccc32)Cc2ccccc2)cc1C. The normalized spacial score (nSPS) is 13.2. The van der Waals surface area contributed by atoms with E-state index in [1.165, 1.54) is 4.31 Å². The maximum atomic E-state index is 13.7. The van der Waals surface area contributed by atoms with E-state index in [1.807, 2.05) is 62.4 Å². The average molecular weight is 543 g/mol. The number of hydrogen-bond acceptors (Lipinski definition) is 4. The third-order valence-electron chi connectivity index (χ3n) is 5.84. The molecule has 0 fully saturated rings. The standard InChI is InChI=1S/C26H27BrN2O4S/c1-3-33-25-12-10-23(15-19(25)2)34(31,32)28(17-20-7-5-4-6-8-20)18-26(30)29-14-13-21-16-22(27)9-11-24(21)29/h4-12,15-16H,3,13-14,17-18H2,1-2H3. The number of sulfonamides is 1. The number of carbonyl (C=O) groups is 1. The van der Waals surface area contributed by atoms with Crippen LogP contribution >= 0.6 is 15.9 Å². The molecule has 0 radical (unpaired) electrons. The molecule has 3 aromatic carbocycles. The highest BCUT2D eigenvalue weighted by atomic mass is 79.9. The Hall–Kier alpha value is -2.68. The molecule has 0 N–H and O–H groups in total. The van der Waals surface area contributed by atoms with E-state index in [0.717, 1.165) is 33.3 Å². The Kier molecular flexibility index (Phi) is 7.40. The first kappa shape index (κ1) is 24.4. The van der Waals surface area contributed by atoms with Gasteiger partial charge in [-0.1, -0.05) is 46.3 Å². The predicted molar refractivity (Wildman–Crippen MR) is 137 cm³/mol. The third-order valence-corrected chi connectivity index (χ3v) is 8.12. The lowest BCUT2D eigenvalue weighted by Gasteiger charge is -2.25. The van der Waals surface area contributed by atoms with E-state index < -0.39 is 10.0 Å². The van der Waals surface area contributed by atoms with Gasteiger partial charge in [-0.25, -0.2) is 8.42 Å². The van der Waals surface area contributed by atoms with Crippen molar-refractivity contribution in [1.29, 1.82) is 0 Å². The molecule has 1 aliphatic heterocycles. The predicted octanol–water partition coefficient (Wildman–Crippen LogP) is 4.94. The molecular weight excluding hydrogens is 516 g/mol. The van der Waals surface area contributed by atoms with E-state index in [4.69, 9.17) is 4.74 Å². The molecule has 3 aromatic rings. The molecule has 178 valence electrons. The number of carbonyl (C=O) groups excluding carboxylic acids is 1. The topological polar surface area (TPSA) is 66.9 Å². The minimum absolute atomic E-state index is 0.0994. The number of hydrogen-bond donors (Lipinski definition) is 0. The van der Waals surface area contributed by atoms with Crippen molar-refractivity contribution in [2.24, 2.45) is 0 Å². The van der Waals surface area contributed by atoms with Gasteiger partial charge in [-0.2, -0.15) is 4.31 Å². The van der Waals surface area contributed by atoms with Crippen LogP contribution in [0.3, 0.4) is 0 Å². The van der Waals surface area contributed by atoms with Crippen LogP contribution in [-0.4, -0.2) is 38.3 Å². The van der Waals surface area contributed by atoms with Crippen molar-refractivity contribution in [3.05, 3.63) is 87.9 Å². The maximum absolute atomic E-state index is 13.7. The first-order valence-electron chi connectivity index (χ1n) is 11.2. The van der Waals surface area contributed by atoms with Gasteiger partial charge in [0.15, 0.2) is 0 Å². The molecule has 0 aromatic heterocycles. The van der Waals surface area contributed by atoms with E-state index in [1.54, 1.807) is 23.1 Å². The molecule has 0 spiro atoms. The Morgan fingerprint density at radius 1 is 1.09 bits per heavy atom. The largest absolute Gasteiger partial charge is 0.494 e. The molecular formula is C26H27BrN2O4S. The molecule has 0 saturated carbocycles. The number of anilines is 1. The number of amides is 1. The minimum atomic E-state index is -3.94. The fourth-order valence-corrected chi connectivity index (χ4v) is 6.00. The second-order valence-electron chi connectivity index (χ2n) is 8.19. The van der Waals surface area contributed by atoms with Gasteiger partial charge in [0.2, 0.25) is 15.9 Å². The number of ether oxygens (including phenoxy) is 1. The van der Waals surface area contributed by atoms with Crippen LogP contribution in [0, 0.1) is 6.92 Å². The molecule has 0 atom stereocenters. The van der Waals surface area contributed by atoms with Crippen LogP contribution in [0.15, 0.2) is 76.1 Å². The van der Waals surface area contributed by atoms with Crippen molar-refractivity contribution < 1.29 is 17.9 Å². The average Bonchev–Trinajstić information content (AvgIpc) is 3.24. The van der Waals surface area contributed by atoms with Gasteiger partial charge in [0, 0.05) is 23.2 Å². The van der Waals surface area contributed by atoms with Crippen LogP contribution in [-0.2, 0) is 27.8 Å². The Balaban J connectivity index is 1.65. The van der Waals surface area contributed by atoms with Gasteiger partial charge in [-0.15, -0.1) is 0 Å². The van der Waals surface area contributed by atoms with E-state index in [2.05, 4.69) is 15.9 Å². The summed E-state index contributed by atoms with van der Waals surface area (Å²) in [5.41, 5.74) is 3.45. The van der Waals surface area contributed by atoms with Crippen LogP contribution in [0.2, 0.25) is 0 Å². The molecule has 0 saturated heterocycles. The van der Waals surface area contributed by atoms with Crippen LogP contribution in [0.4, 0.5) is 5.69 Å². The monoisotopic (exact) mass is 542 g/mol. The Labute approximate surface area is 209 Å². The summed E-state index contributed by atoms with van der Waals surface area (Å²) in [5.74, 6) is 0.398. The van der Waals surface area contributed by atoms with Gasteiger partial charge >= 0.3 is 0 Å². The summed E-state index contributed by atoms with van der Waals surface area (Å²) < 4.78 is 35.2. The molecule has 34 heavy (non-hydrogen) atoms. The maximum Gasteiger partial charge on any atom is 0.243 e. The number of halogens is 1. The van der Waals surface area contributed by atoms with Crippen molar-refractivity contribution in [3.8, 4) is 5.75 Å². The summed E-state index contributed by atoms with van der Waals surface area (Å²) in [5, 5.41) is 0. The van der Waals surface area contributed by atoms with Crippen LogP contribution in [0.5, 0.6) is 5.75 Å². The molecule has 1 heterocycles. The fraction of sp³-hybridized carbons (Fsp3) is 0.269. The third kappa shape index (κ3) is 5.19. The van der Waals surface area contributed by atoms with Crippen molar-refractivity contribution in [2.75, 3.05) is 24.6 Å². The molecule has 4 rings (SSSR count). The van der Waals surface area contributed by atoms with Gasteiger partial charge in [0.05, 0.1) is 18.0 Å². The summed E-state index contributed by atoms with van der Waals surface area (Å²) in [6.07, 6.45) is 0.740. The van der Waals surface area contributed by atoms with Gasteiger partial charge in [0.25, 0.3) is 0 Å². The van der Waals surface area contributed by atoms with Crippen molar-refractivity contribution in [2.45, 2.75) is 31.7 Å². The first-order chi connectivity index (χ1) is 16.3. The number of rotatable bonds is 8. The lowest BCUT2D eigenvalue weighted by atomic mass is 10.2. The number of benzene rings is 3. The Morgan fingerprint density at radius 3 is 2.56 bits per heavy atom. The second kappa shape index (κ2) is 10.3. The van der Waals surface area contributed by atoms with Crippen LogP contribution in [0.1, 0.15) is 23.6 Å². The Bertz CT molecular complexity index is 1300. The highest BCUT2D eigenvalue weighted by Crippen LogP contribution is 2.31. The molecule has 1 amide bonds. The zero-order valence-corrected chi connectivity index (χ0v) is 21.6. The first-order valence-corrected chi connectivity index (χ1v) is 13.4. The second-order valence-corrected chi connectivity index (χ2v) is 11.0. The quantitative estimate of drug-likeness (QED) is 0.404.